The first-order valence-electron chi connectivity index (χ1n) is 12.4. The van der Waals surface area contributed by atoms with Crippen molar-refractivity contribution in [1.29, 1.82) is 0 Å². The van der Waals surface area contributed by atoms with Gasteiger partial charge in [-0.25, -0.2) is 0 Å². The van der Waals surface area contributed by atoms with E-state index >= 15 is 0 Å². The molecule has 180 valence electrons. The zero-order valence-electron chi connectivity index (χ0n) is 21.6. The Morgan fingerprint density at radius 2 is 1.39 bits per heavy atom. The van der Waals surface area contributed by atoms with Crippen molar-refractivity contribution in [3.63, 3.8) is 0 Å². The largest absolute Gasteiger partial charge is 0.404 e. The molecule has 0 radical (unpaired) electrons. The highest BCUT2D eigenvalue weighted by atomic mass is 28.4. The van der Waals surface area contributed by atoms with Crippen molar-refractivity contribution in [3.8, 4) is 0 Å². The van der Waals surface area contributed by atoms with Crippen LogP contribution < -0.4 is 10.4 Å². The fraction of sp³-hybridized carbons (Fsp3) is 0.467. The lowest BCUT2D eigenvalue weighted by molar-refractivity contribution is 0.160. The minimum Gasteiger partial charge on any atom is -0.404 e. The molecule has 0 heterocycles. The van der Waals surface area contributed by atoms with Crippen molar-refractivity contribution in [2.75, 3.05) is 6.61 Å². The van der Waals surface area contributed by atoms with Gasteiger partial charge in [0.05, 0.1) is 12.7 Å². The van der Waals surface area contributed by atoms with Crippen LogP contribution in [0.2, 0.25) is 5.04 Å². The summed E-state index contributed by atoms with van der Waals surface area (Å²) in [5.74, 6) is 0. The van der Waals surface area contributed by atoms with Gasteiger partial charge in [0.25, 0.3) is 8.32 Å². The van der Waals surface area contributed by atoms with Crippen molar-refractivity contribution in [1.82, 2.24) is 0 Å². The zero-order chi connectivity index (χ0) is 24.3. The number of aliphatic hydroxyl groups is 1. The van der Waals surface area contributed by atoms with E-state index in [9.17, 15) is 5.11 Å². The van der Waals surface area contributed by atoms with E-state index in [-0.39, 0.29) is 11.1 Å². The molecule has 0 bridgehead atoms. The van der Waals surface area contributed by atoms with Gasteiger partial charge in [-0.1, -0.05) is 112 Å². The Hall–Kier alpha value is -1.94. The zero-order valence-corrected chi connectivity index (χ0v) is 22.6. The summed E-state index contributed by atoms with van der Waals surface area (Å²) in [5.41, 5.74) is 2.74. The summed E-state index contributed by atoms with van der Waals surface area (Å²) in [7, 11) is -2.47. The first-order chi connectivity index (χ1) is 15.7. The third kappa shape index (κ3) is 7.81. The van der Waals surface area contributed by atoms with Crippen molar-refractivity contribution in [3.05, 3.63) is 84.0 Å². The molecule has 0 aliphatic heterocycles. The maximum atomic E-state index is 9.76. The predicted octanol–water partition coefficient (Wildman–Crippen LogP) is 6.79. The van der Waals surface area contributed by atoms with E-state index in [2.05, 4.69) is 107 Å². The average Bonchev–Trinajstić information content (AvgIpc) is 2.80. The SMILES string of the molecule is CCC(O)CC/C(C)=C/CC/C(C)=C/CO[Si](c1ccccc1)(c1ccccc1)C(C)(C)C. The maximum Gasteiger partial charge on any atom is 0.261 e. The molecule has 2 nitrogen and oxygen atoms in total. The number of allylic oxidation sites excluding steroid dienone is 3. The van der Waals surface area contributed by atoms with E-state index in [0.717, 1.165) is 32.1 Å². The second-order valence-corrected chi connectivity index (χ2v) is 14.5. The van der Waals surface area contributed by atoms with E-state index in [0.29, 0.717) is 6.61 Å². The molecule has 0 spiro atoms. The van der Waals surface area contributed by atoms with Crippen LogP contribution in [0.4, 0.5) is 0 Å². The molecule has 1 N–H and O–H groups in total. The van der Waals surface area contributed by atoms with Crippen molar-refractivity contribution < 1.29 is 9.53 Å². The van der Waals surface area contributed by atoms with Crippen molar-refractivity contribution in [2.24, 2.45) is 0 Å². The van der Waals surface area contributed by atoms with Gasteiger partial charge >= 0.3 is 0 Å². The summed E-state index contributed by atoms with van der Waals surface area (Å²) >= 11 is 0. The summed E-state index contributed by atoms with van der Waals surface area (Å²) in [5, 5.41) is 12.4. The van der Waals surface area contributed by atoms with E-state index in [1.807, 2.05) is 6.92 Å². The van der Waals surface area contributed by atoms with Crippen LogP contribution in [-0.2, 0) is 4.43 Å². The first-order valence-corrected chi connectivity index (χ1v) is 14.4. The molecule has 3 heteroatoms. The van der Waals surface area contributed by atoms with Crippen LogP contribution in [0.5, 0.6) is 0 Å². The average molecular weight is 465 g/mol. The topological polar surface area (TPSA) is 29.5 Å². The lowest BCUT2D eigenvalue weighted by atomic mass is 10.0. The molecule has 0 saturated heterocycles. The lowest BCUT2D eigenvalue weighted by Crippen LogP contribution is -2.66. The Kier molecular flexibility index (Phi) is 10.8. The number of hydrogen-bond donors (Lipinski definition) is 1. The number of hydrogen-bond acceptors (Lipinski definition) is 2. The van der Waals surface area contributed by atoms with Crippen LogP contribution in [0.1, 0.15) is 73.6 Å². The second-order valence-electron chi connectivity index (χ2n) is 10.2. The quantitative estimate of drug-likeness (QED) is 0.277. The van der Waals surface area contributed by atoms with Gasteiger partial charge in [0.2, 0.25) is 0 Å². The van der Waals surface area contributed by atoms with Gasteiger partial charge in [0, 0.05) is 0 Å². The number of rotatable bonds is 12. The third-order valence-electron chi connectivity index (χ3n) is 6.52. The van der Waals surface area contributed by atoms with Gasteiger partial charge in [-0.2, -0.15) is 0 Å². The van der Waals surface area contributed by atoms with Gasteiger partial charge in [-0.05, 0) is 61.4 Å². The molecule has 33 heavy (non-hydrogen) atoms. The molecule has 1 atom stereocenters. The Bertz CT molecular complexity index is 839. The summed E-state index contributed by atoms with van der Waals surface area (Å²) in [6.07, 6.45) is 9.17. The fourth-order valence-corrected chi connectivity index (χ4v) is 8.91. The molecule has 2 aromatic rings. The Morgan fingerprint density at radius 3 is 1.88 bits per heavy atom. The Balaban J connectivity index is 2.13. The van der Waals surface area contributed by atoms with Gasteiger partial charge in [-0.15, -0.1) is 0 Å². The molecular formula is C30H44O2Si. The Morgan fingerprint density at radius 1 is 0.879 bits per heavy atom. The fourth-order valence-electron chi connectivity index (χ4n) is 4.42. The Labute approximate surface area is 203 Å². The predicted molar refractivity (Wildman–Crippen MR) is 146 cm³/mol. The van der Waals surface area contributed by atoms with E-state index in [1.54, 1.807) is 0 Å². The molecule has 2 rings (SSSR count). The van der Waals surface area contributed by atoms with Crippen LogP contribution >= 0.6 is 0 Å². The van der Waals surface area contributed by atoms with Crippen molar-refractivity contribution in [2.45, 2.75) is 84.8 Å². The first kappa shape index (κ1) is 27.3. The summed E-state index contributed by atoms with van der Waals surface area (Å²) in [6, 6.07) is 21.6. The van der Waals surface area contributed by atoms with Gasteiger partial charge in [-0.3, -0.25) is 0 Å². The normalized spacial score (nSPS) is 14.4. The maximum absolute atomic E-state index is 9.76. The highest BCUT2D eigenvalue weighted by Crippen LogP contribution is 2.36. The van der Waals surface area contributed by atoms with E-state index in [4.69, 9.17) is 4.43 Å². The van der Waals surface area contributed by atoms with Crippen LogP contribution in [0, 0.1) is 0 Å². The highest BCUT2D eigenvalue weighted by Gasteiger charge is 2.49. The summed E-state index contributed by atoms with van der Waals surface area (Å²) in [4.78, 5) is 0. The van der Waals surface area contributed by atoms with Crippen LogP contribution in [0.3, 0.4) is 0 Å². The molecule has 0 saturated carbocycles. The van der Waals surface area contributed by atoms with Crippen LogP contribution in [-0.4, -0.2) is 26.1 Å². The molecule has 0 fully saturated rings. The minimum absolute atomic E-state index is 0.000353. The number of aliphatic hydroxyl groups excluding tert-OH is 1. The van der Waals surface area contributed by atoms with Gasteiger partial charge < -0.3 is 9.53 Å². The van der Waals surface area contributed by atoms with E-state index < -0.39 is 8.32 Å². The smallest absolute Gasteiger partial charge is 0.261 e. The minimum atomic E-state index is -2.47. The molecule has 0 amide bonds. The van der Waals surface area contributed by atoms with Crippen molar-refractivity contribution >= 4 is 18.7 Å². The second kappa shape index (κ2) is 13.1. The standard InChI is InChI=1S/C30H44O2Si/c1-7-27(31)22-21-25(2)15-14-16-26(3)23-24-32-33(30(4,5)6,28-17-10-8-11-18-28)29-19-12-9-13-20-29/h8-13,15,17-20,23,27,31H,7,14,16,21-22,24H2,1-6H3/b25-15+,26-23+. The molecule has 1 unspecified atom stereocenters. The van der Waals surface area contributed by atoms with Crippen LogP contribution in [0.25, 0.3) is 0 Å². The summed E-state index contributed by atoms with van der Waals surface area (Å²) < 4.78 is 6.96. The van der Waals surface area contributed by atoms with Crippen LogP contribution in [0.15, 0.2) is 84.0 Å². The van der Waals surface area contributed by atoms with Gasteiger partial charge in [0.1, 0.15) is 0 Å². The van der Waals surface area contributed by atoms with Gasteiger partial charge in [0.15, 0.2) is 0 Å². The molecular weight excluding hydrogens is 420 g/mol. The molecule has 0 aliphatic rings. The highest BCUT2D eigenvalue weighted by molar-refractivity contribution is 6.99. The number of benzene rings is 2. The molecule has 0 aliphatic carbocycles. The summed E-state index contributed by atoms with van der Waals surface area (Å²) in [6.45, 7) is 14.0. The van der Waals surface area contributed by atoms with E-state index in [1.165, 1.54) is 21.5 Å². The molecule has 2 aromatic carbocycles. The lowest BCUT2D eigenvalue weighted by Gasteiger charge is -2.42. The monoisotopic (exact) mass is 464 g/mol. The third-order valence-corrected chi connectivity index (χ3v) is 11.5. The molecule has 0 aromatic heterocycles.